The quantitative estimate of drug-likeness (QED) is 0.176. The zero-order chi connectivity index (χ0) is 41.9. The lowest BCUT2D eigenvalue weighted by molar-refractivity contribution is 0.435. The summed E-state index contributed by atoms with van der Waals surface area (Å²) in [5.41, 5.74) is 13.3. The first-order valence-electron chi connectivity index (χ1n) is 22.1. The van der Waals surface area contributed by atoms with Crippen molar-refractivity contribution in [2.75, 3.05) is 4.90 Å². The van der Waals surface area contributed by atoms with Crippen LogP contribution in [0, 0.1) is 0 Å². The number of benzene rings is 11. The molecule has 1 spiro atoms. The van der Waals surface area contributed by atoms with E-state index in [4.69, 9.17) is 4.74 Å². The SMILES string of the molecule is c1ccc2c(c1)Oc1ccccc1C21c2cc(N(c3ccc4ccccc4c3)c3ccc4c5ccccc5n(-c5ccc6ccccc6c5)c4c3)ccc2-c2cccc3cccc1c23. The van der Waals surface area contributed by atoms with Gasteiger partial charge in [0.15, 0.2) is 0 Å². The van der Waals surface area contributed by atoms with Crippen LogP contribution < -0.4 is 9.64 Å². The van der Waals surface area contributed by atoms with E-state index < -0.39 is 5.41 Å². The molecule has 0 fully saturated rings. The van der Waals surface area contributed by atoms with Crippen molar-refractivity contribution < 1.29 is 4.74 Å². The van der Waals surface area contributed by atoms with Gasteiger partial charge in [-0.15, -0.1) is 0 Å². The van der Waals surface area contributed by atoms with E-state index in [0.29, 0.717) is 0 Å². The molecule has 0 atom stereocenters. The van der Waals surface area contributed by atoms with E-state index in [0.717, 1.165) is 50.9 Å². The van der Waals surface area contributed by atoms with Gasteiger partial charge < -0.3 is 14.2 Å². The number of rotatable bonds is 4. The van der Waals surface area contributed by atoms with Crippen molar-refractivity contribution in [2.45, 2.75) is 5.41 Å². The maximum absolute atomic E-state index is 6.79. The summed E-state index contributed by atoms with van der Waals surface area (Å²) in [4.78, 5) is 2.46. The van der Waals surface area contributed by atoms with Crippen LogP contribution in [0.25, 0.3) is 70.9 Å². The molecule has 2 aliphatic rings. The van der Waals surface area contributed by atoms with Gasteiger partial charge in [-0.25, -0.2) is 0 Å². The third kappa shape index (κ3) is 4.86. The Balaban J connectivity index is 1.07. The highest BCUT2D eigenvalue weighted by atomic mass is 16.5. The fraction of sp³-hybridized carbons (Fsp3) is 0.0164. The maximum Gasteiger partial charge on any atom is 0.132 e. The van der Waals surface area contributed by atoms with Crippen LogP contribution in [0.2, 0.25) is 0 Å². The van der Waals surface area contributed by atoms with Crippen LogP contribution >= 0.6 is 0 Å². The summed E-state index contributed by atoms with van der Waals surface area (Å²) >= 11 is 0. The number of hydrogen-bond donors (Lipinski definition) is 0. The van der Waals surface area contributed by atoms with E-state index >= 15 is 0 Å². The Bertz CT molecular complexity index is 3860. The van der Waals surface area contributed by atoms with Gasteiger partial charge in [0.05, 0.1) is 16.4 Å². The van der Waals surface area contributed by atoms with E-state index in [1.807, 2.05) is 0 Å². The fourth-order valence-electron chi connectivity index (χ4n) is 11.3. The maximum atomic E-state index is 6.79. The lowest BCUT2D eigenvalue weighted by Crippen LogP contribution is -2.36. The molecule has 14 rings (SSSR count). The normalized spacial score (nSPS) is 13.2. The van der Waals surface area contributed by atoms with Crippen molar-refractivity contribution in [3.8, 4) is 28.3 Å². The summed E-state index contributed by atoms with van der Waals surface area (Å²) < 4.78 is 9.22. The first kappa shape index (κ1) is 35.2. The number of para-hydroxylation sites is 3. The molecule has 0 bridgehead atoms. The number of anilines is 3. The van der Waals surface area contributed by atoms with E-state index in [1.165, 1.54) is 70.9 Å². The minimum absolute atomic E-state index is 0.661. The first-order valence-corrected chi connectivity index (χ1v) is 22.1. The van der Waals surface area contributed by atoms with Gasteiger partial charge in [0.2, 0.25) is 0 Å². The summed E-state index contributed by atoms with van der Waals surface area (Å²) in [6.45, 7) is 0. The zero-order valence-electron chi connectivity index (χ0n) is 34.7. The Kier molecular flexibility index (Phi) is 7.32. The Morgan fingerprint density at radius 3 is 1.70 bits per heavy atom. The van der Waals surface area contributed by atoms with Crippen LogP contribution in [-0.4, -0.2) is 4.57 Å². The molecule has 0 saturated heterocycles. The van der Waals surface area contributed by atoms with Gasteiger partial charge in [-0.05, 0) is 121 Å². The average Bonchev–Trinajstić information content (AvgIpc) is 3.69. The number of aromatic nitrogens is 1. The van der Waals surface area contributed by atoms with E-state index in [9.17, 15) is 0 Å². The second kappa shape index (κ2) is 13.3. The largest absolute Gasteiger partial charge is 0.457 e. The van der Waals surface area contributed by atoms with Crippen LogP contribution in [0.1, 0.15) is 22.3 Å². The molecule has 0 saturated carbocycles. The molecular formula is C61H38N2O. The molecule has 11 aromatic carbocycles. The number of nitrogens with zero attached hydrogens (tertiary/aromatic N) is 2. The summed E-state index contributed by atoms with van der Waals surface area (Å²) in [6.07, 6.45) is 0. The van der Waals surface area contributed by atoms with Gasteiger partial charge in [0.1, 0.15) is 11.5 Å². The van der Waals surface area contributed by atoms with Gasteiger partial charge in [0, 0.05) is 44.6 Å². The summed E-state index contributed by atoms with van der Waals surface area (Å²) in [5.74, 6) is 1.76. The number of fused-ring (bicyclic) bond motifs is 13. The van der Waals surface area contributed by atoms with Crippen molar-refractivity contribution in [3.05, 3.63) is 253 Å². The van der Waals surface area contributed by atoms with Crippen LogP contribution in [0.4, 0.5) is 17.1 Å². The Hall–Kier alpha value is -8.40. The van der Waals surface area contributed by atoms with Gasteiger partial charge in [0.25, 0.3) is 0 Å². The predicted molar refractivity (Wildman–Crippen MR) is 265 cm³/mol. The molecule has 298 valence electrons. The van der Waals surface area contributed by atoms with Gasteiger partial charge in [-0.2, -0.15) is 0 Å². The standard InChI is InChI=1S/C61H38N2O/c1-3-15-42-35-44(29-27-39(42)13-1)62(47-32-34-50-49-19-5-8-24-56(49)63(57(50)38-47)45-30-28-40-14-2-4-16-43(40)36-45)46-31-33-48-51-20-11-17-41-18-12-23-54(60(41)51)61(55(48)37-46)52-21-6-9-25-58(52)64-59-26-10-7-22-53(59)61/h1-38H. The van der Waals surface area contributed by atoms with Crippen molar-refractivity contribution in [1.29, 1.82) is 0 Å². The Labute approximate surface area is 370 Å². The number of ether oxygens (including phenoxy) is 1. The minimum atomic E-state index is -0.661. The van der Waals surface area contributed by atoms with Gasteiger partial charge >= 0.3 is 0 Å². The molecule has 0 amide bonds. The van der Waals surface area contributed by atoms with Crippen molar-refractivity contribution in [2.24, 2.45) is 0 Å². The van der Waals surface area contributed by atoms with E-state index in [-0.39, 0.29) is 0 Å². The fourth-order valence-corrected chi connectivity index (χ4v) is 11.3. The minimum Gasteiger partial charge on any atom is -0.457 e. The van der Waals surface area contributed by atoms with E-state index in [2.05, 4.69) is 240 Å². The molecule has 1 aromatic heterocycles. The van der Waals surface area contributed by atoms with Crippen LogP contribution in [0.3, 0.4) is 0 Å². The second-order valence-electron chi connectivity index (χ2n) is 17.2. The first-order chi connectivity index (χ1) is 31.7. The molecular weight excluding hydrogens is 777 g/mol. The highest BCUT2D eigenvalue weighted by Crippen LogP contribution is 2.61. The molecule has 1 aliphatic carbocycles. The highest BCUT2D eigenvalue weighted by Gasteiger charge is 2.49. The van der Waals surface area contributed by atoms with Crippen molar-refractivity contribution in [1.82, 2.24) is 4.57 Å². The lowest BCUT2D eigenvalue weighted by Gasteiger charge is -2.45. The lowest BCUT2D eigenvalue weighted by atomic mass is 9.58. The summed E-state index contributed by atoms with van der Waals surface area (Å²) in [7, 11) is 0. The van der Waals surface area contributed by atoms with Gasteiger partial charge in [-0.3, -0.25) is 0 Å². The summed E-state index contributed by atoms with van der Waals surface area (Å²) in [6, 6.07) is 84.8. The smallest absolute Gasteiger partial charge is 0.132 e. The Morgan fingerprint density at radius 2 is 0.906 bits per heavy atom. The molecule has 3 nitrogen and oxygen atoms in total. The second-order valence-corrected chi connectivity index (χ2v) is 17.2. The molecule has 64 heavy (non-hydrogen) atoms. The molecule has 1 aliphatic heterocycles. The predicted octanol–water partition coefficient (Wildman–Crippen LogP) is 16.2. The average molecular weight is 815 g/mol. The number of hydrogen-bond acceptors (Lipinski definition) is 2. The van der Waals surface area contributed by atoms with Crippen molar-refractivity contribution in [3.63, 3.8) is 0 Å². The molecule has 3 heteroatoms. The third-order valence-electron chi connectivity index (χ3n) is 14.0. The summed E-state index contributed by atoms with van der Waals surface area (Å²) in [5, 5.41) is 9.82. The molecule has 12 aromatic rings. The molecule has 0 unspecified atom stereocenters. The van der Waals surface area contributed by atoms with Gasteiger partial charge in [-0.1, -0.05) is 164 Å². The Morgan fingerprint density at radius 1 is 0.344 bits per heavy atom. The van der Waals surface area contributed by atoms with Crippen molar-refractivity contribution >= 4 is 71.2 Å². The molecule has 2 heterocycles. The topological polar surface area (TPSA) is 17.4 Å². The van der Waals surface area contributed by atoms with Crippen LogP contribution in [0.5, 0.6) is 11.5 Å². The van der Waals surface area contributed by atoms with Crippen LogP contribution in [0.15, 0.2) is 231 Å². The third-order valence-corrected chi connectivity index (χ3v) is 14.0. The molecule has 0 N–H and O–H groups in total. The zero-order valence-corrected chi connectivity index (χ0v) is 34.7. The highest BCUT2D eigenvalue weighted by molar-refractivity contribution is 6.11. The monoisotopic (exact) mass is 814 g/mol. The van der Waals surface area contributed by atoms with Crippen LogP contribution in [-0.2, 0) is 5.41 Å². The molecule has 0 radical (unpaired) electrons. The van der Waals surface area contributed by atoms with E-state index in [1.54, 1.807) is 0 Å².